The van der Waals surface area contributed by atoms with E-state index in [1.54, 1.807) is 6.07 Å². The number of para-hydroxylation sites is 1. The van der Waals surface area contributed by atoms with Gasteiger partial charge in [0, 0.05) is 38.8 Å². The normalized spacial score (nSPS) is 19.0. The second-order valence-corrected chi connectivity index (χ2v) is 7.76. The number of hydrogen-bond acceptors (Lipinski definition) is 5. The summed E-state index contributed by atoms with van der Waals surface area (Å²) in [7, 11) is -2.53. The summed E-state index contributed by atoms with van der Waals surface area (Å²) in [6, 6.07) is 6.00. The largest absolute Gasteiger partial charge is 0.382 e. The predicted octanol–water partition coefficient (Wildman–Crippen LogP) is 1.73. The summed E-state index contributed by atoms with van der Waals surface area (Å²) in [6.07, 6.45) is 0. The van der Waals surface area contributed by atoms with Crippen molar-refractivity contribution >= 4 is 15.5 Å². The van der Waals surface area contributed by atoms with Crippen molar-refractivity contribution in [3.8, 4) is 0 Å². The fraction of sp³-hybridized carbons (Fsp3) is 0.600. The Morgan fingerprint density at radius 3 is 2.39 bits per heavy atom. The Morgan fingerprint density at radius 2 is 1.78 bits per heavy atom. The molecule has 23 heavy (non-hydrogen) atoms. The van der Waals surface area contributed by atoms with E-state index in [1.165, 1.54) is 18.2 Å². The van der Waals surface area contributed by atoms with Crippen molar-refractivity contribution < 1.29 is 17.2 Å². The third-order valence-electron chi connectivity index (χ3n) is 4.18. The van der Waals surface area contributed by atoms with E-state index in [-0.39, 0.29) is 16.6 Å². The molecular formula is C15H23F2N3O2S. The topological polar surface area (TPSA) is 52.7 Å². The van der Waals surface area contributed by atoms with Crippen molar-refractivity contribution in [1.82, 2.24) is 9.80 Å². The van der Waals surface area contributed by atoms with Gasteiger partial charge in [-0.2, -0.15) is 8.78 Å². The number of nitrogens with one attached hydrogen (secondary N) is 1. The van der Waals surface area contributed by atoms with E-state index in [2.05, 4.69) is 22.2 Å². The molecule has 1 aliphatic rings. The van der Waals surface area contributed by atoms with Gasteiger partial charge in [-0.15, -0.1) is 0 Å². The first-order valence-electron chi connectivity index (χ1n) is 7.60. The van der Waals surface area contributed by atoms with E-state index in [9.17, 15) is 17.2 Å². The number of hydrogen-bond donors (Lipinski definition) is 1. The van der Waals surface area contributed by atoms with Crippen molar-refractivity contribution in [2.24, 2.45) is 0 Å². The Morgan fingerprint density at radius 1 is 1.17 bits per heavy atom. The average Bonchev–Trinajstić information content (AvgIpc) is 2.53. The molecular weight excluding hydrogens is 324 g/mol. The molecule has 130 valence electrons. The molecule has 0 saturated carbocycles. The number of sulfone groups is 1. The number of rotatable bonds is 6. The summed E-state index contributed by atoms with van der Waals surface area (Å²) < 4.78 is 49.0. The Labute approximate surface area is 136 Å². The summed E-state index contributed by atoms with van der Waals surface area (Å²) in [5, 5.41) is 3.01. The highest BCUT2D eigenvalue weighted by atomic mass is 32.2. The molecule has 1 aromatic rings. The number of alkyl halides is 2. The highest BCUT2D eigenvalue weighted by Crippen LogP contribution is 2.26. The smallest absolute Gasteiger partial charge is 0.341 e. The second kappa shape index (κ2) is 7.55. The molecule has 1 atom stereocenters. The van der Waals surface area contributed by atoms with Gasteiger partial charge in [-0.25, -0.2) is 8.42 Å². The van der Waals surface area contributed by atoms with Crippen LogP contribution in [0.5, 0.6) is 0 Å². The molecule has 0 aromatic heterocycles. The molecule has 0 aliphatic carbocycles. The van der Waals surface area contributed by atoms with Gasteiger partial charge in [0.1, 0.15) is 0 Å². The second-order valence-electron chi connectivity index (χ2n) is 5.87. The Balaban J connectivity index is 2.04. The van der Waals surface area contributed by atoms with Crippen LogP contribution in [0, 0.1) is 0 Å². The molecule has 1 fully saturated rings. The Bertz CT molecular complexity index is 617. The van der Waals surface area contributed by atoms with Crippen LogP contribution in [0.3, 0.4) is 0 Å². The van der Waals surface area contributed by atoms with Crippen LogP contribution >= 0.6 is 0 Å². The minimum Gasteiger partial charge on any atom is -0.382 e. The number of halogens is 2. The summed E-state index contributed by atoms with van der Waals surface area (Å²) in [4.78, 5) is 4.21. The van der Waals surface area contributed by atoms with Gasteiger partial charge in [0.25, 0.3) is 0 Å². The summed E-state index contributed by atoms with van der Waals surface area (Å²) >= 11 is 0. The van der Waals surface area contributed by atoms with Gasteiger partial charge in [0.2, 0.25) is 9.84 Å². The van der Waals surface area contributed by atoms with Crippen molar-refractivity contribution in [2.75, 3.05) is 45.1 Å². The van der Waals surface area contributed by atoms with E-state index in [0.717, 1.165) is 26.2 Å². The standard InChI is InChI=1S/C15H23F2N3O2S/c1-12(20-9-7-19(2)8-10-20)11-18-13-5-3-4-6-14(13)23(21,22)15(16)17/h3-6,12,15,18H,7-11H2,1-2H3/t12-/m1/s1. The lowest BCUT2D eigenvalue weighted by molar-refractivity contribution is 0.123. The molecule has 2 rings (SSSR count). The van der Waals surface area contributed by atoms with Crippen LogP contribution in [0.4, 0.5) is 14.5 Å². The van der Waals surface area contributed by atoms with Gasteiger partial charge >= 0.3 is 5.76 Å². The van der Waals surface area contributed by atoms with E-state index >= 15 is 0 Å². The highest BCUT2D eigenvalue weighted by Gasteiger charge is 2.29. The van der Waals surface area contributed by atoms with Crippen LogP contribution in [-0.2, 0) is 9.84 Å². The number of nitrogens with zero attached hydrogens (tertiary/aromatic N) is 2. The summed E-state index contributed by atoms with van der Waals surface area (Å²) in [5.41, 5.74) is 0.230. The number of piperazine rings is 1. The van der Waals surface area contributed by atoms with Gasteiger partial charge in [0.05, 0.1) is 10.6 Å². The van der Waals surface area contributed by atoms with E-state index < -0.39 is 15.6 Å². The van der Waals surface area contributed by atoms with Crippen LogP contribution in [0.25, 0.3) is 0 Å². The summed E-state index contributed by atoms with van der Waals surface area (Å²) in [5.74, 6) is -3.42. The fourth-order valence-corrected chi connectivity index (χ4v) is 3.51. The lowest BCUT2D eigenvalue weighted by atomic mass is 10.2. The van der Waals surface area contributed by atoms with Crippen molar-refractivity contribution in [2.45, 2.75) is 23.6 Å². The lowest BCUT2D eigenvalue weighted by Gasteiger charge is -2.36. The number of anilines is 1. The zero-order valence-corrected chi connectivity index (χ0v) is 14.2. The van der Waals surface area contributed by atoms with Crippen LogP contribution < -0.4 is 5.32 Å². The highest BCUT2D eigenvalue weighted by molar-refractivity contribution is 7.91. The molecule has 5 nitrogen and oxygen atoms in total. The minimum absolute atomic E-state index is 0.186. The first-order valence-corrected chi connectivity index (χ1v) is 9.14. The van der Waals surface area contributed by atoms with E-state index in [1.807, 2.05) is 6.92 Å². The summed E-state index contributed by atoms with van der Waals surface area (Å²) in [6.45, 7) is 6.40. The number of benzene rings is 1. The molecule has 1 aliphatic heterocycles. The molecule has 1 N–H and O–H groups in total. The Hall–Kier alpha value is -1.25. The SMILES string of the molecule is C[C@H](CNc1ccccc1S(=O)(=O)C(F)F)N1CCN(C)CC1. The molecule has 8 heteroatoms. The van der Waals surface area contributed by atoms with Crippen molar-refractivity contribution in [3.05, 3.63) is 24.3 Å². The molecule has 1 saturated heterocycles. The van der Waals surface area contributed by atoms with Gasteiger partial charge < -0.3 is 10.2 Å². The molecule has 1 heterocycles. The third kappa shape index (κ3) is 4.39. The third-order valence-corrected chi connectivity index (χ3v) is 5.62. The van der Waals surface area contributed by atoms with Crippen LogP contribution in [0.15, 0.2) is 29.2 Å². The average molecular weight is 347 g/mol. The van der Waals surface area contributed by atoms with Crippen molar-refractivity contribution in [1.29, 1.82) is 0 Å². The molecule has 0 amide bonds. The predicted molar refractivity (Wildman–Crippen MR) is 86.7 cm³/mol. The lowest BCUT2D eigenvalue weighted by Crippen LogP contribution is -2.49. The number of likely N-dealkylation sites (N-methyl/N-ethyl adjacent to an activating group) is 1. The quantitative estimate of drug-likeness (QED) is 0.849. The van der Waals surface area contributed by atoms with Crippen LogP contribution in [0.2, 0.25) is 0 Å². The van der Waals surface area contributed by atoms with Crippen LogP contribution in [-0.4, -0.2) is 69.8 Å². The maximum Gasteiger partial charge on any atom is 0.341 e. The molecule has 0 unspecified atom stereocenters. The zero-order valence-electron chi connectivity index (χ0n) is 13.4. The first-order chi connectivity index (χ1) is 10.8. The molecule has 0 radical (unpaired) electrons. The maximum absolute atomic E-state index is 12.8. The van der Waals surface area contributed by atoms with Gasteiger partial charge in [-0.3, -0.25) is 4.90 Å². The van der Waals surface area contributed by atoms with Gasteiger partial charge in [-0.05, 0) is 26.1 Å². The molecule has 1 aromatic carbocycles. The molecule has 0 spiro atoms. The van der Waals surface area contributed by atoms with Crippen molar-refractivity contribution in [3.63, 3.8) is 0 Å². The minimum atomic E-state index is -4.60. The molecule has 0 bridgehead atoms. The van der Waals surface area contributed by atoms with Gasteiger partial charge in [0.15, 0.2) is 0 Å². The Kier molecular flexibility index (Phi) is 5.94. The van der Waals surface area contributed by atoms with E-state index in [4.69, 9.17) is 0 Å². The first kappa shape index (κ1) is 18.1. The maximum atomic E-state index is 12.8. The van der Waals surface area contributed by atoms with E-state index in [0.29, 0.717) is 6.54 Å². The van der Waals surface area contributed by atoms with Crippen LogP contribution in [0.1, 0.15) is 6.92 Å². The monoisotopic (exact) mass is 347 g/mol. The van der Waals surface area contributed by atoms with Gasteiger partial charge in [-0.1, -0.05) is 12.1 Å². The fourth-order valence-electron chi connectivity index (χ4n) is 2.61. The zero-order chi connectivity index (χ0) is 17.0.